The second-order valence-electron chi connectivity index (χ2n) is 6.72. The summed E-state index contributed by atoms with van der Waals surface area (Å²) < 4.78 is 27.3. The lowest BCUT2D eigenvalue weighted by Gasteiger charge is -2.33. The summed E-state index contributed by atoms with van der Waals surface area (Å²) in [5.41, 5.74) is 1.01. The number of carbonyl (C=O) groups is 1. The minimum absolute atomic E-state index is 0.0257. The number of quaternary nitrogens is 1. The van der Waals surface area contributed by atoms with Crippen molar-refractivity contribution in [3.8, 4) is 0 Å². The van der Waals surface area contributed by atoms with E-state index in [-0.39, 0.29) is 16.2 Å². The Kier molecular flexibility index (Phi) is 5.64. The number of carbonyl (C=O) groups excluding carboxylic acids is 1. The zero-order valence-corrected chi connectivity index (χ0v) is 16.6. The molecule has 1 saturated heterocycles. The highest BCUT2D eigenvalue weighted by Crippen LogP contribution is 2.21. The summed E-state index contributed by atoms with van der Waals surface area (Å²) in [6.07, 6.45) is 2.01. The maximum atomic E-state index is 12.7. The molecule has 1 aromatic heterocycles. The first kappa shape index (κ1) is 18.9. The van der Waals surface area contributed by atoms with Gasteiger partial charge in [-0.05, 0) is 35.7 Å². The van der Waals surface area contributed by atoms with Crippen molar-refractivity contribution in [2.24, 2.45) is 0 Å². The van der Waals surface area contributed by atoms with Gasteiger partial charge in [-0.2, -0.15) is 0 Å². The van der Waals surface area contributed by atoms with Gasteiger partial charge in [-0.25, -0.2) is 8.42 Å². The van der Waals surface area contributed by atoms with Gasteiger partial charge >= 0.3 is 0 Å². The number of piperidine rings is 1. The van der Waals surface area contributed by atoms with Gasteiger partial charge in [0.05, 0.1) is 20.1 Å². The molecular formula is C18H24N3O3S2+. The summed E-state index contributed by atoms with van der Waals surface area (Å²) in [5, 5.41) is 1.72. The van der Waals surface area contributed by atoms with Crippen LogP contribution in [0, 0.1) is 0 Å². The molecular weight excluding hydrogens is 370 g/mol. The molecule has 2 aromatic rings. The molecule has 0 aliphatic carbocycles. The first-order chi connectivity index (χ1) is 12.4. The molecule has 140 valence electrons. The van der Waals surface area contributed by atoms with Crippen LogP contribution in [-0.2, 0) is 10.0 Å². The molecule has 0 radical (unpaired) electrons. The first-order valence-electron chi connectivity index (χ1n) is 8.61. The smallest absolute Gasteiger partial charge is 0.271 e. The number of sulfonamides is 1. The Morgan fingerprint density at radius 2 is 1.85 bits per heavy atom. The molecule has 26 heavy (non-hydrogen) atoms. The molecule has 1 aromatic carbocycles. The number of hydrogen-bond acceptors (Lipinski definition) is 4. The van der Waals surface area contributed by atoms with Crippen LogP contribution in [0.2, 0.25) is 0 Å². The minimum Gasteiger partial charge on any atom is -0.338 e. The van der Waals surface area contributed by atoms with E-state index < -0.39 is 10.0 Å². The van der Waals surface area contributed by atoms with Crippen LogP contribution in [0.25, 0.3) is 0 Å². The normalized spacial score (nSPS) is 20.5. The Morgan fingerprint density at radius 1 is 1.19 bits per heavy atom. The van der Waals surface area contributed by atoms with Crippen LogP contribution in [0.1, 0.15) is 23.2 Å². The van der Waals surface area contributed by atoms with Gasteiger partial charge in [0, 0.05) is 37.2 Å². The van der Waals surface area contributed by atoms with Crippen LogP contribution in [-0.4, -0.2) is 52.5 Å². The predicted octanol–water partition coefficient (Wildman–Crippen LogP) is 1.30. The number of nitrogens with zero attached hydrogens (tertiary/aromatic N) is 1. The van der Waals surface area contributed by atoms with Gasteiger partial charge in [-0.15, -0.1) is 11.3 Å². The van der Waals surface area contributed by atoms with E-state index in [1.165, 1.54) is 4.90 Å². The summed E-state index contributed by atoms with van der Waals surface area (Å²) in [6.45, 7) is 2.15. The van der Waals surface area contributed by atoms with Gasteiger partial charge < -0.3 is 9.80 Å². The number of rotatable bonds is 5. The molecule has 2 heterocycles. The Hall–Kier alpha value is -1.90. The van der Waals surface area contributed by atoms with Gasteiger partial charge in [0.2, 0.25) is 0 Å². The van der Waals surface area contributed by atoms with Crippen molar-refractivity contribution in [3.05, 3.63) is 47.3 Å². The third-order valence-corrected chi connectivity index (χ3v) is 7.60. The zero-order valence-electron chi connectivity index (χ0n) is 14.9. The fraction of sp³-hybridized carbons (Fsp3) is 0.389. The second kappa shape index (κ2) is 7.77. The quantitative estimate of drug-likeness (QED) is 0.803. The van der Waals surface area contributed by atoms with Crippen LogP contribution < -0.4 is 9.62 Å². The highest BCUT2D eigenvalue weighted by Gasteiger charge is 2.26. The minimum atomic E-state index is -3.57. The number of thiophene rings is 1. The second-order valence-corrected chi connectivity index (χ2v) is 9.58. The molecule has 3 rings (SSSR count). The van der Waals surface area contributed by atoms with Crippen LogP contribution in [0.15, 0.2) is 46.0 Å². The molecule has 1 aliphatic heterocycles. The van der Waals surface area contributed by atoms with E-state index in [1.54, 1.807) is 41.8 Å². The van der Waals surface area contributed by atoms with Crippen molar-refractivity contribution in [2.75, 3.05) is 31.9 Å². The number of benzene rings is 1. The van der Waals surface area contributed by atoms with Crippen LogP contribution in [0.3, 0.4) is 0 Å². The summed E-state index contributed by atoms with van der Waals surface area (Å²) in [4.78, 5) is 16.0. The SMILES string of the molecule is CN(C(=O)c1ccc(NS(=O)(=O)c2cccs2)cc1)C1CC[NH+](C)CC1. The van der Waals surface area contributed by atoms with Crippen LogP contribution in [0.4, 0.5) is 5.69 Å². The molecule has 8 heteroatoms. The van der Waals surface area contributed by atoms with Crippen LogP contribution >= 0.6 is 11.3 Å². The molecule has 0 bridgehead atoms. The van der Waals surface area contributed by atoms with Crippen molar-refractivity contribution >= 4 is 33.0 Å². The summed E-state index contributed by atoms with van der Waals surface area (Å²) in [6, 6.07) is 10.1. The lowest BCUT2D eigenvalue weighted by molar-refractivity contribution is -0.885. The number of likely N-dealkylation sites (tertiary alicyclic amines) is 1. The van der Waals surface area contributed by atoms with Crippen molar-refractivity contribution < 1.29 is 18.1 Å². The van der Waals surface area contributed by atoms with E-state index in [1.807, 2.05) is 11.9 Å². The molecule has 1 fully saturated rings. The third kappa shape index (κ3) is 4.25. The van der Waals surface area contributed by atoms with Crippen molar-refractivity contribution in [1.82, 2.24) is 4.90 Å². The van der Waals surface area contributed by atoms with E-state index >= 15 is 0 Å². The van der Waals surface area contributed by atoms with Crippen molar-refractivity contribution in [2.45, 2.75) is 23.1 Å². The zero-order chi connectivity index (χ0) is 18.7. The topological polar surface area (TPSA) is 70.9 Å². The summed E-state index contributed by atoms with van der Waals surface area (Å²) in [7, 11) is 0.452. The summed E-state index contributed by atoms with van der Waals surface area (Å²) in [5.74, 6) is -0.0257. The number of anilines is 1. The Morgan fingerprint density at radius 3 is 2.42 bits per heavy atom. The Balaban J connectivity index is 1.66. The highest BCUT2D eigenvalue weighted by atomic mass is 32.2. The monoisotopic (exact) mass is 394 g/mol. The fourth-order valence-corrected chi connectivity index (χ4v) is 5.21. The predicted molar refractivity (Wildman–Crippen MR) is 103 cm³/mol. The van der Waals surface area contributed by atoms with Crippen molar-refractivity contribution in [3.63, 3.8) is 0 Å². The first-order valence-corrected chi connectivity index (χ1v) is 11.0. The largest absolute Gasteiger partial charge is 0.338 e. The molecule has 0 unspecified atom stereocenters. The molecule has 1 amide bonds. The Bertz CT molecular complexity index is 840. The van der Waals surface area contributed by atoms with E-state index in [0.29, 0.717) is 11.3 Å². The third-order valence-electron chi connectivity index (χ3n) is 4.82. The standard InChI is InChI=1S/C18H23N3O3S2/c1-20-11-9-16(10-12-20)21(2)18(22)14-5-7-15(8-6-14)19-26(23,24)17-4-3-13-25-17/h3-8,13,16,19H,9-12H2,1-2H3/p+1. The highest BCUT2D eigenvalue weighted by molar-refractivity contribution is 7.94. The van der Waals surface area contributed by atoms with E-state index in [9.17, 15) is 13.2 Å². The number of nitrogens with one attached hydrogen (secondary N) is 2. The van der Waals surface area contributed by atoms with E-state index in [2.05, 4.69) is 11.8 Å². The van der Waals surface area contributed by atoms with Gasteiger partial charge in [0.1, 0.15) is 4.21 Å². The average molecular weight is 395 g/mol. The van der Waals surface area contributed by atoms with E-state index in [0.717, 1.165) is 37.3 Å². The number of amides is 1. The van der Waals surface area contributed by atoms with Gasteiger partial charge in [-0.1, -0.05) is 6.07 Å². The Labute approximate surface area is 158 Å². The molecule has 6 nitrogen and oxygen atoms in total. The van der Waals surface area contributed by atoms with Crippen molar-refractivity contribution in [1.29, 1.82) is 0 Å². The molecule has 0 atom stereocenters. The average Bonchev–Trinajstić information content (AvgIpc) is 3.17. The molecule has 2 N–H and O–H groups in total. The molecule has 0 saturated carbocycles. The number of hydrogen-bond donors (Lipinski definition) is 2. The van der Waals surface area contributed by atoms with Gasteiger partial charge in [0.15, 0.2) is 0 Å². The lowest BCUT2D eigenvalue weighted by Crippen LogP contribution is -3.10. The van der Waals surface area contributed by atoms with Gasteiger partial charge in [0.25, 0.3) is 15.9 Å². The lowest BCUT2D eigenvalue weighted by atomic mass is 10.0. The molecule has 0 spiro atoms. The summed E-state index contributed by atoms with van der Waals surface area (Å²) >= 11 is 1.16. The maximum Gasteiger partial charge on any atom is 0.271 e. The van der Waals surface area contributed by atoms with E-state index in [4.69, 9.17) is 0 Å². The molecule has 1 aliphatic rings. The fourth-order valence-electron chi connectivity index (χ4n) is 3.15. The van der Waals surface area contributed by atoms with Gasteiger partial charge in [-0.3, -0.25) is 9.52 Å². The maximum absolute atomic E-state index is 12.7. The van der Waals surface area contributed by atoms with Crippen LogP contribution in [0.5, 0.6) is 0 Å².